The molecule has 0 amide bonds. The van der Waals surface area contributed by atoms with Crippen molar-refractivity contribution in [2.75, 3.05) is 0 Å². The van der Waals surface area contributed by atoms with E-state index in [4.69, 9.17) is 16.0 Å². The summed E-state index contributed by atoms with van der Waals surface area (Å²) < 4.78 is 43.6. The van der Waals surface area contributed by atoms with Gasteiger partial charge in [0.25, 0.3) is 5.22 Å². The SMILES string of the molecule is FC(F)(F)c1cccc(CSc2nnc(-c3ccccc3Cl)o2)c1. The van der Waals surface area contributed by atoms with E-state index in [1.165, 1.54) is 6.07 Å². The third-order valence-electron chi connectivity index (χ3n) is 3.13. The van der Waals surface area contributed by atoms with Crippen LogP contribution in [0.1, 0.15) is 11.1 Å². The zero-order chi connectivity index (χ0) is 17.2. The number of rotatable bonds is 4. The lowest BCUT2D eigenvalue weighted by Gasteiger charge is -2.07. The Kier molecular flexibility index (Phi) is 4.82. The van der Waals surface area contributed by atoms with Gasteiger partial charge in [-0.1, -0.05) is 53.7 Å². The zero-order valence-corrected chi connectivity index (χ0v) is 13.6. The minimum Gasteiger partial charge on any atom is -0.411 e. The van der Waals surface area contributed by atoms with Gasteiger partial charge in [0.1, 0.15) is 0 Å². The van der Waals surface area contributed by atoms with Crippen LogP contribution < -0.4 is 0 Å². The molecule has 0 radical (unpaired) electrons. The number of aromatic nitrogens is 2. The molecule has 1 heterocycles. The van der Waals surface area contributed by atoms with E-state index in [-0.39, 0.29) is 16.9 Å². The zero-order valence-electron chi connectivity index (χ0n) is 12.0. The molecule has 0 saturated heterocycles. The van der Waals surface area contributed by atoms with Crippen LogP contribution in [0.5, 0.6) is 0 Å². The fraction of sp³-hybridized carbons (Fsp3) is 0.125. The number of hydrogen-bond donors (Lipinski definition) is 0. The first-order chi connectivity index (χ1) is 11.4. The summed E-state index contributed by atoms with van der Waals surface area (Å²) in [5.74, 6) is 0.556. The number of halogens is 4. The van der Waals surface area contributed by atoms with E-state index >= 15 is 0 Å². The Labute approximate surface area is 144 Å². The molecular weight excluding hydrogens is 361 g/mol. The van der Waals surface area contributed by atoms with E-state index in [0.717, 1.165) is 23.9 Å². The summed E-state index contributed by atoms with van der Waals surface area (Å²) in [7, 11) is 0. The van der Waals surface area contributed by atoms with Gasteiger partial charge >= 0.3 is 6.18 Å². The average Bonchev–Trinajstić information content (AvgIpc) is 3.02. The fourth-order valence-electron chi connectivity index (χ4n) is 1.99. The summed E-state index contributed by atoms with van der Waals surface area (Å²) in [6.07, 6.45) is -4.36. The van der Waals surface area contributed by atoms with Gasteiger partial charge in [0, 0.05) is 5.75 Å². The standard InChI is InChI=1S/C16H10ClF3N2OS/c17-13-7-2-1-6-12(13)14-21-22-15(23-14)24-9-10-4-3-5-11(8-10)16(18,19)20/h1-8H,9H2. The number of thioether (sulfide) groups is 1. The van der Waals surface area contributed by atoms with Crippen molar-refractivity contribution >= 4 is 23.4 Å². The molecule has 0 unspecified atom stereocenters. The fourth-order valence-corrected chi connectivity index (χ4v) is 2.92. The monoisotopic (exact) mass is 370 g/mol. The van der Waals surface area contributed by atoms with Gasteiger partial charge in [0.2, 0.25) is 5.89 Å². The molecule has 124 valence electrons. The van der Waals surface area contributed by atoms with Gasteiger partial charge in [-0.25, -0.2) is 0 Å². The topological polar surface area (TPSA) is 38.9 Å². The van der Waals surface area contributed by atoms with Crippen molar-refractivity contribution < 1.29 is 17.6 Å². The molecule has 3 nitrogen and oxygen atoms in total. The highest BCUT2D eigenvalue weighted by Crippen LogP contribution is 2.32. The quantitative estimate of drug-likeness (QED) is 0.552. The molecule has 2 aromatic carbocycles. The number of benzene rings is 2. The van der Waals surface area contributed by atoms with Crippen molar-refractivity contribution in [3.63, 3.8) is 0 Å². The lowest BCUT2D eigenvalue weighted by atomic mass is 10.1. The Morgan fingerprint density at radius 2 is 1.83 bits per heavy atom. The van der Waals surface area contributed by atoms with Crippen LogP contribution in [0.2, 0.25) is 5.02 Å². The van der Waals surface area contributed by atoms with E-state index in [9.17, 15) is 13.2 Å². The Hall–Kier alpha value is -1.99. The van der Waals surface area contributed by atoms with Crippen LogP contribution in [0, 0.1) is 0 Å². The maximum absolute atomic E-state index is 12.7. The number of nitrogens with zero attached hydrogens (tertiary/aromatic N) is 2. The van der Waals surface area contributed by atoms with Crippen LogP contribution in [-0.4, -0.2) is 10.2 Å². The third kappa shape index (κ3) is 3.91. The van der Waals surface area contributed by atoms with Crippen LogP contribution in [0.4, 0.5) is 13.2 Å². The maximum atomic E-state index is 12.7. The average molecular weight is 371 g/mol. The van der Waals surface area contributed by atoms with Crippen LogP contribution in [0.15, 0.2) is 58.2 Å². The number of alkyl halides is 3. The largest absolute Gasteiger partial charge is 0.416 e. The lowest BCUT2D eigenvalue weighted by Crippen LogP contribution is -2.04. The molecule has 0 saturated carbocycles. The minimum atomic E-state index is -4.36. The normalized spacial score (nSPS) is 11.7. The Morgan fingerprint density at radius 1 is 1.04 bits per heavy atom. The summed E-state index contributed by atoms with van der Waals surface area (Å²) in [6.45, 7) is 0. The highest BCUT2D eigenvalue weighted by atomic mass is 35.5. The van der Waals surface area contributed by atoms with Crippen molar-refractivity contribution in [3.05, 3.63) is 64.7 Å². The van der Waals surface area contributed by atoms with Gasteiger partial charge in [-0.15, -0.1) is 10.2 Å². The molecule has 3 rings (SSSR count). The molecule has 3 aromatic rings. The predicted octanol–water partition coefficient (Wildman–Crippen LogP) is 5.70. The molecule has 24 heavy (non-hydrogen) atoms. The molecule has 0 bridgehead atoms. The van der Waals surface area contributed by atoms with E-state index in [0.29, 0.717) is 16.1 Å². The summed E-state index contributed by atoms with van der Waals surface area (Å²) in [5.41, 5.74) is 0.452. The van der Waals surface area contributed by atoms with Gasteiger partial charge < -0.3 is 4.42 Å². The van der Waals surface area contributed by atoms with Crippen molar-refractivity contribution in [1.82, 2.24) is 10.2 Å². The molecule has 8 heteroatoms. The smallest absolute Gasteiger partial charge is 0.411 e. The molecule has 0 aliphatic carbocycles. The molecule has 0 aliphatic rings. The first kappa shape index (κ1) is 16.9. The maximum Gasteiger partial charge on any atom is 0.416 e. The van der Waals surface area contributed by atoms with Crippen LogP contribution >= 0.6 is 23.4 Å². The molecular formula is C16H10ClF3N2OS. The molecule has 0 aliphatic heterocycles. The van der Waals surface area contributed by atoms with Crippen LogP contribution in [0.3, 0.4) is 0 Å². The van der Waals surface area contributed by atoms with Crippen molar-refractivity contribution in [2.45, 2.75) is 17.2 Å². The third-order valence-corrected chi connectivity index (χ3v) is 4.35. The summed E-state index contributed by atoms with van der Waals surface area (Å²) in [6, 6.07) is 12.2. The summed E-state index contributed by atoms with van der Waals surface area (Å²) in [4.78, 5) is 0. The summed E-state index contributed by atoms with van der Waals surface area (Å²) in [5, 5.41) is 8.55. The first-order valence-electron chi connectivity index (χ1n) is 6.81. The van der Waals surface area contributed by atoms with Gasteiger partial charge in [0.05, 0.1) is 16.1 Å². The van der Waals surface area contributed by atoms with Gasteiger partial charge in [0.15, 0.2) is 0 Å². The molecule has 0 atom stereocenters. The van der Waals surface area contributed by atoms with E-state index < -0.39 is 11.7 Å². The lowest BCUT2D eigenvalue weighted by molar-refractivity contribution is -0.137. The van der Waals surface area contributed by atoms with Gasteiger partial charge in [-0.2, -0.15) is 13.2 Å². The van der Waals surface area contributed by atoms with Crippen LogP contribution in [-0.2, 0) is 11.9 Å². The second-order valence-electron chi connectivity index (χ2n) is 4.84. The Balaban J connectivity index is 1.71. The van der Waals surface area contributed by atoms with Crippen molar-refractivity contribution in [1.29, 1.82) is 0 Å². The van der Waals surface area contributed by atoms with Gasteiger partial charge in [-0.3, -0.25) is 0 Å². The second-order valence-corrected chi connectivity index (χ2v) is 6.17. The second kappa shape index (κ2) is 6.86. The molecule has 0 N–H and O–H groups in total. The van der Waals surface area contributed by atoms with E-state index in [1.807, 2.05) is 0 Å². The predicted molar refractivity (Wildman–Crippen MR) is 85.7 cm³/mol. The number of hydrogen-bond acceptors (Lipinski definition) is 4. The van der Waals surface area contributed by atoms with Crippen molar-refractivity contribution in [2.24, 2.45) is 0 Å². The highest BCUT2D eigenvalue weighted by Gasteiger charge is 2.30. The highest BCUT2D eigenvalue weighted by molar-refractivity contribution is 7.98. The first-order valence-corrected chi connectivity index (χ1v) is 8.17. The van der Waals surface area contributed by atoms with E-state index in [1.54, 1.807) is 30.3 Å². The summed E-state index contributed by atoms with van der Waals surface area (Å²) >= 11 is 7.22. The minimum absolute atomic E-state index is 0.266. The molecule has 0 fully saturated rings. The van der Waals surface area contributed by atoms with Crippen molar-refractivity contribution in [3.8, 4) is 11.5 Å². The van der Waals surface area contributed by atoms with Crippen LogP contribution in [0.25, 0.3) is 11.5 Å². The Morgan fingerprint density at radius 3 is 2.58 bits per heavy atom. The van der Waals surface area contributed by atoms with Gasteiger partial charge in [-0.05, 0) is 23.8 Å². The molecule has 0 spiro atoms. The van der Waals surface area contributed by atoms with E-state index in [2.05, 4.69) is 10.2 Å². The molecule has 1 aromatic heterocycles. The Bertz CT molecular complexity index is 851.